The maximum Gasteiger partial charge on any atom is 0.249 e. The third-order valence-electron chi connectivity index (χ3n) is 4.38. The highest BCUT2D eigenvalue weighted by molar-refractivity contribution is 6.02. The van der Waals surface area contributed by atoms with Gasteiger partial charge < -0.3 is 5.32 Å². The van der Waals surface area contributed by atoms with Crippen LogP contribution in [0, 0.1) is 0 Å². The number of para-hydroxylation sites is 1. The zero-order chi connectivity index (χ0) is 17.1. The molecule has 0 atom stereocenters. The van der Waals surface area contributed by atoms with E-state index in [1.54, 1.807) is 6.08 Å². The van der Waals surface area contributed by atoms with E-state index >= 15 is 0 Å². The smallest absolute Gasteiger partial charge is 0.249 e. The Labute approximate surface area is 146 Å². The fourth-order valence-electron chi connectivity index (χ4n) is 3.17. The summed E-state index contributed by atoms with van der Waals surface area (Å²) in [4.78, 5) is 12.4. The molecule has 1 heterocycles. The van der Waals surface area contributed by atoms with Gasteiger partial charge in [-0.05, 0) is 43.0 Å². The first-order valence-corrected chi connectivity index (χ1v) is 8.51. The van der Waals surface area contributed by atoms with E-state index in [1.165, 1.54) is 0 Å². The SMILES string of the molecule is O=C(/C=C/c1ccccc1)Nc1c2c(nn1-c1ccccc1)CCC2. The summed E-state index contributed by atoms with van der Waals surface area (Å²) in [6, 6.07) is 19.7. The summed E-state index contributed by atoms with van der Waals surface area (Å²) in [6.07, 6.45) is 6.41. The van der Waals surface area contributed by atoms with Crippen LogP contribution < -0.4 is 5.32 Å². The molecule has 0 aliphatic heterocycles. The highest BCUT2D eigenvalue weighted by Crippen LogP contribution is 2.30. The molecule has 1 N–H and O–H groups in total. The Bertz CT molecular complexity index is 911. The second-order valence-corrected chi connectivity index (χ2v) is 6.11. The lowest BCUT2D eigenvalue weighted by Crippen LogP contribution is -2.13. The quantitative estimate of drug-likeness (QED) is 0.735. The first-order valence-electron chi connectivity index (χ1n) is 8.51. The molecule has 2 aromatic carbocycles. The standard InChI is InChI=1S/C21H19N3O/c25-20(15-14-16-8-3-1-4-9-16)22-21-18-12-7-13-19(18)23-24(21)17-10-5-2-6-11-17/h1-6,8-11,14-15H,7,12-13H2,(H,22,25)/b15-14+. The zero-order valence-electron chi connectivity index (χ0n) is 13.9. The predicted octanol–water partition coefficient (Wildman–Crippen LogP) is 4.01. The molecule has 0 radical (unpaired) electrons. The fourth-order valence-corrected chi connectivity index (χ4v) is 3.17. The summed E-state index contributed by atoms with van der Waals surface area (Å²) in [5.41, 5.74) is 4.20. The summed E-state index contributed by atoms with van der Waals surface area (Å²) in [5, 5.41) is 7.74. The summed E-state index contributed by atoms with van der Waals surface area (Å²) in [7, 11) is 0. The molecule has 1 aliphatic rings. The van der Waals surface area contributed by atoms with Gasteiger partial charge in [0, 0.05) is 11.6 Å². The van der Waals surface area contributed by atoms with E-state index in [-0.39, 0.29) is 5.91 Å². The van der Waals surface area contributed by atoms with Crippen molar-refractivity contribution >= 4 is 17.8 Å². The van der Waals surface area contributed by atoms with Crippen molar-refractivity contribution < 1.29 is 4.79 Å². The zero-order valence-corrected chi connectivity index (χ0v) is 13.9. The number of amides is 1. The third kappa shape index (κ3) is 3.24. The summed E-state index contributed by atoms with van der Waals surface area (Å²) in [5.74, 6) is 0.650. The Morgan fingerprint density at radius 1 is 1.00 bits per heavy atom. The second-order valence-electron chi connectivity index (χ2n) is 6.11. The molecule has 1 aliphatic carbocycles. The highest BCUT2D eigenvalue weighted by atomic mass is 16.1. The molecule has 4 heteroatoms. The van der Waals surface area contributed by atoms with Gasteiger partial charge in [-0.2, -0.15) is 5.10 Å². The van der Waals surface area contributed by atoms with Crippen LogP contribution in [0.15, 0.2) is 66.7 Å². The van der Waals surface area contributed by atoms with Crippen molar-refractivity contribution in [2.24, 2.45) is 0 Å². The highest BCUT2D eigenvalue weighted by Gasteiger charge is 2.23. The van der Waals surface area contributed by atoms with Crippen molar-refractivity contribution in [3.05, 3.63) is 83.6 Å². The molecule has 0 saturated carbocycles. The normalized spacial score (nSPS) is 13.1. The van der Waals surface area contributed by atoms with Crippen LogP contribution in [-0.2, 0) is 17.6 Å². The van der Waals surface area contributed by atoms with Gasteiger partial charge >= 0.3 is 0 Å². The Kier molecular flexibility index (Phi) is 4.17. The van der Waals surface area contributed by atoms with Crippen LogP contribution in [0.1, 0.15) is 23.2 Å². The van der Waals surface area contributed by atoms with Crippen molar-refractivity contribution in [2.45, 2.75) is 19.3 Å². The van der Waals surface area contributed by atoms with Crippen molar-refractivity contribution in [1.82, 2.24) is 9.78 Å². The lowest BCUT2D eigenvalue weighted by Gasteiger charge is -2.09. The van der Waals surface area contributed by atoms with E-state index in [2.05, 4.69) is 5.32 Å². The van der Waals surface area contributed by atoms with Gasteiger partial charge in [-0.3, -0.25) is 4.79 Å². The number of nitrogens with one attached hydrogen (secondary N) is 1. The number of aryl methyl sites for hydroxylation is 1. The van der Waals surface area contributed by atoms with Gasteiger partial charge in [0.05, 0.1) is 11.4 Å². The molecule has 0 spiro atoms. The number of carbonyl (C=O) groups excluding carboxylic acids is 1. The van der Waals surface area contributed by atoms with Gasteiger partial charge in [0.15, 0.2) is 0 Å². The minimum absolute atomic E-state index is 0.143. The van der Waals surface area contributed by atoms with Gasteiger partial charge in [-0.1, -0.05) is 48.5 Å². The van der Waals surface area contributed by atoms with Crippen LogP contribution in [0.5, 0.6) is 0 Å². The van der Waals surface area contributed by atoms with Gasteiger partial charge in [0.25, 0.3) is 0 Å². The molecule has 25 heavy (non-hydrogen) atoms. The van der Waals surface area contributed by atoms with E-state index < -0.39 is 0 Å². The number of aromatic nitrogens is 2. The maximum atomic E-state index is 12.4. The number of carbonyl (C=O) groups is 1. The number of rotatable bonds is 4. The molecular formula is C21H19N3O. The Hall–Kier alpha value is -3.14. The monoisotopic (exact) mass is 329 g/mol. The van der Waals surface area contributed by atoms with E-state index in [1.807, 2.05) is 71.4 Å². The molecule has 0 fully saturated rings. The summed E-state index contributed by atoms with van der Waals surface area (Å²) in [6.45, 7) is 0. The molecule has 4 nitrogen and oxygen atoms in total. The van der Waals surface area contributed by atoms with Crippen LogP contribution in [-0.4, -0.2) is 15.7 Å². The first kappa shape index (κ1) is 15.4. The largest absolute Gasteiger partial charge is 0.307 e. The van der Waals surface area contributed by atoms with Gasteiger partial charge in [-0.25, -0.2) is 4.68 Å². The summed E-state index contributed by atoms with van der Waals surface area (Å²) >= 11 is 0. The molecule has 1 amide bonds. The minimum Gasteiger partial charge on any atom is -0.307 e. The van der Waals surface area contributed by atoms with Gasteiger partial charge in [0.2, 0.25) is 5.91 Å². The van der Waals surface area contributed by atoms with E-state index in [4.69, 9.17) is 5.10 Å². The molecule has 0 saturated heterocycles. The first-order chi connectivity index (χ1) is 12.3. The third-order valence-corrected chi connectivity index (χ3v) is 4.38. The Morgan fingerprint density at radius 3 is 2.48 bits per heavy atom. The molecule has 4 rings (SSSR count). The topological polar surface area (TPSA) is 46.9 Å². The lowest BCUT2D eigenvalue weighted by molar-refractivity contribution is -0.111. The maximum absolute atomic E-state index is 12.4. The Balaban J connectivity index is 1.62. The lowest BCUT2D eigenvalue weighted by atomic mass is 10.2. The van der Waals surface area contributed by atoms with Crippen LogP contribution in [0.25, 0.3) is 11.8 Å². The Morgan fingerprint density at radius 2 is 1.72 bits per heavy atom. The minimum atomic E-state index is -0.143. The van der Waals surface area contributed by atoms with E-state index in [0.29, 0.717) is 0 Å². The second kappa shape index (κ2) is 6.77. The molecule has 124 valence electrons. The number of fused-ring (bicyclic) bond motifs is 1. The molecule has 1 aromatic heterocycles. The number of hydrogen-bond acceptors (Lipinski definition) is 2. The van der Waals surface area contributed by atoms with Crippen molar-refractivity contribution in [1.29, 1.82) is 0 Å². The molecular weight excluding hydrogens is 310 g/mol. The van der Waals surface area contributed by atoms with Crippen LogP contribution in [0.2, 0.25) is 0 Å². The van der Waals surface area contributed by atoms with Crippen molar-refractivity contribution in [2.75, 3.05) is 5.32 Å². The van der Waals surface area contributed by atoms with Crippen molar-refractivity contribution in [3.63, 3.8) is 0 Å². The number of benzene rings is 2. The fraction of sp³-hybridized carbons (Fsp3) is 0.143. The van der Waals surface area contributed by atoms with Gasteiger partial charge in [0.1, 0.15) is 5.82 Å². The molecule has 0 bridgehead atoms. The van der Waals surface area contributed by atoms with Crippen LogP contribution >= 0.6 is 0 Å². The van der Waals surface area contributed by atoms with Crippen LogP contribution in [0.3, 0.4) is 0 Å². The predicted molar refractivity (Wildman–Crippen MR) is 99.7 cm³/mol. The van der Waals surface area contributed by atoms with E-state index in [0.717, 1.165) is 47.6 Å². The number of hydrogen-bond donors (Lipinski definition) is 1. The average molecular weight is 329 g/mol. The molecule has 0 unspecified atom stereocenters. The van der Waals surface area contributed by atoms with E-state index in [9.17, 15) is 4.79 Å². The average Bonchev–Trinajstić information content (AvgIpc) is 3.24. The number of nitrogens with zero attached hydrogens (tertiary/aromatic N) is 2. The van der Waals surface area contributed by atoms with Gasteiger partial charge in [-0.15, -0.1) is 0 Å². The number of anilines is 1. The van der Waals surface area contributed by atoms with Crippen LogP contribution in [0.4, 0.5) is 5.82 Å². The summed E-state index contributed by atoms with van der Waals surface area (Å²) < 4.78 is 1.85. The molecule has 3 aromatic rings. The van der Waals surface area contributed by atoms with Crippen molar-refractivity contribution in [3.8, 4) is 5.69 Å².